The first-order valence-electron chi connectivity index (χ1n) is 60.5. The number of unbranched alkanes of at least 4 members (excludes halogenated alkanes) is 40. The van der Waals surface area contributed by atoms with Gasteiger partial charge < -0.3 is 19.8 Å². The Balaban J connectivity index is 1.07. The summed E-state index contributed by atoms with van der Waals surface area (Å²) >= 11 is 0. The molecule has 15 rings (SSSR count). The summed E-state index contributed by atoms with van der Waals surface area (Å²) in [5.41, 5.74) is 37.0. The molecule has 0 heterocycles. The number of aliphatic carboxylic acids is 1. The van der Waals surface area contributed by atoms with Gasteiger partial charge in [-0.2, -0.15) is 5.26 Å². The molecular formula is C142H186N4O2. The van der Waals surface area contributed by atoms with Crippen molar-refractivity contribution in [2.24, 2.45) is 0 Å². The molecule has 0 saturated carbocycles. The first kappa shape index (κ1) is 112. The van der Waals surface area contributed by atoms with Crippen LogP contribution >= 0.6 is 0 Å². The SMILES string of the molecule is CCCCCCCCc1ccc(C2(c3ccc(CCCCCCCC)cc3)c3cc4c(cc3-c3cc5c(cc32)-c2cc3c(cc2C5(c2ccc(CCCCCCCC)cc2)c2ccc(CCCCCCCC)cc2)-c2ccc(N(c5ccc(N(C)C)cc5)c5ccc(N(C)C)cc5)cc2C3(CCCCCCCC)CCCCCCCC)C(CCCCCCCC)(CCCCCCCC)c2cc(/C=C(\C#N)C(=O)O)ccc2-4)cc1. The minimum Gasteiger partial charge on any atom is -0.477 e. The molecule has 0 unspecified atom stereocenters. The standard InChI is InChI=1S/C142H186N4O2/c1-13-21-29-37-45-53-61-107-65-74-113(75-66-107)141(114-76-67-108(68-77-114)62-54-46-38-30-22-14-2)134-102-124-122-91-73-111(97-112(106-143)138(147)148)98-130(122)139(93-57-49-41-33-25-17-5,94-58-50-42-34-26-18-6)132(124)100-126(134)128-104-137-129(105-136(128)141)127-101-133-125(103-135(127)142(137,115-78-69-109(70-79-115)63-55-47-39-31-23-15-3)116-80-71-110(72-81-116)64-56-48-40-32-24-16-4)123-92-90-121(99-131(123)140(133,95-59-51-43-35-27-19-7)96-60-52-44-36-28-20-8)146(119-86-82-117(83-87-119)144(9)10)120-88-84-118(85-89-120)145(11)12/h65-92,97-105H,13-64,93-96H2,1-12H3,(H,147,148)/b112-97+. The predicted molar refractivity (Wildman–Crippen MR) is 638 cm³/mol. The van der Waals surface area contributed by atoms with E-state index in [0.717, 1.165) is 107 Å². The van der Waals surface area contributed by atoms with Gasteiger partial charge in [-0.25, -0.2) is 4.79 Å². The Morgan fingerprint density at radius 3 is 0.736 bits per heavy atom. The second kappa shape index (κ2) is 55.5. The number of nitrogens with zero attached hydrogens (tertiary/aromatic N) is 4. The van der Waals surface area contributed by atoms with Crippen LogP contribution in [0.1, 0.15) is 484 Å². The van der Waals surface area contributed by atoms with Crippen molar-refractivity contribution in [1.82, 2.24) is 0 Å². The Morgan fingerprint density at radius 2 is 0.473 bits per heavy atom. The molecule has 4 aliphatic carbocycles. The molecular weight excluding hydrogens is 1790 g/mol. The van der Waals surface area contributed by atoms with Crippen molar-refractivity contribution in [3.05, 3.63) is 319 Å². The number of aryl methyl sites for hydroxylation is 4. The quantitative estimate of drug-likeness (QED) is 0.0233. The van der Waals surface area contributed by atoms with Crippen LogP contribution in [0.25, 0.3) is 50.6 Å². The minimum atomic E-state index is -1.19. The van der Waals surface area contributed by atoms with E-state index in [1.807, 2.05) is 0 Å². The van der Waals surface area contributed by atoms with Crippen LogP contribution in [0.15, 0.2) is 224 Å². The zero-order valence-corrected chi connectivity index (χ0v) is 94.1. The predicted octanol–water partition coefficient (Wildman–Crippen LogP) is 41.2. The molecule has 0 aromatic heterocycles. The second-order valence-electron chi connectivity index (χ2n) is 46.1. The third-order valence-electron chi connectivity index (χ3n) is 35.2. The minimum absolute atomic E-state index is 0.236. The Hall–Kier alpha value is -10.5. The van der Waals surface area contributed by atoms with Gasteiger partial charge in [0.1, 0.15) is 11.6 Å². The van der Waals surface area contributed by atoms with E-state index >= 15 is 0 Å². The van der Waals surface area contributed by atoms with E-state index in [-0.39, 0.29) is 11.0 Å². The van der Waals surface area contributed by atoms with Crippen LogP contribution < -0.4 is 14.7 Å². The summed E-state index contributed by atoms with van der Waals surface area (Å²) in [5, 5.41) is 21.3. The van der Waals surface area contributed by atoms with Gasteiger partial charge in [-0.05, 0) is 319 Å². The van der Waals surface area contributed by atoms with Gasteiger partial charge >= 0.3 is 5.97 Å². The van der Waals surface area contributed by atoms with Crippen LogP contribution in [-0.4, -0.2) is 39.3 Å². The number of nitriles is 1. The van der Waals surface area contributed by atoms with Gasteiger partial charge in [-0.3, -0.25) is 0 Å². The van der Waals surface area contributed by atoms with E-state index in [4.69, 9.17) is 0 Å². The van der Waals surface area contributed by atoms with Crippen LogP contribution in [0.2, 0.25) is 0 Å². The van der Waals surface area contributed by atoms with E-state index in [1.54, 1.807) is 6.08 Å². The summed E-state index contributed by atoms with van der Waals surface area (Å²) in [6, 6.07) is 93.9. The molecule has 786 valence electrons. The number of rotatable bonds is 67. The van der Waals surface area contributed by atoms with Gasteiger partial charge in [-0.1, -0.05) is 459 Å². The van der Waals surface area contributed by atoms with Crippen molar-refractivity contribution in [2.75, 3.05) is 42.9 Å². The van der Waals surface area contributed by atoms with Gasteiger partial charge in [0.25, 0.3) is 0 Å². The monoisotopic (exact) mass is 1980 g/mol. The van der Waals surface area contributed by atoms with Crippen LogP contribution in [0, 0.1) is 11.3 Å². The van der Waals surface area contributed by atoms with Crippen molar-refractivity contribution >= 4 is 40.5 Å². The Morgan fingerprint density at radius 1 is 0.250 bits per heavy atom. The third kappa shape index (κ3) is 25.6. The zero-order valence-electron chi connectivity index (χ0n) is 94.1. The van der Waals surface area contributed by atoms with Crippen molar-refractivity contribution in [1.29, 1.82) is 5.26 Å². The Bertz CT molecular complexity index is 5870. The number of carboxylic acids is 1. The number of hydrogen-bond donors (Lipinski definition) is 1. The van der Waals surface area contributed by atoms with E-state index in [2.05, 4.69) is 323 Å². The van der Waals surface area contributed by atoms with Crippen molar-refractivity contribution in [3.63, 3.8) is 0 Å². The number of benzene rings is 11. The van der Waals surface area contributed by atoms with E-state index < -0.39 is 22.2 Å². The highest BCUT2D eigenvalue weighted by Gasteiger charge is 2.56. The summed E-state index contributed by atoms with van der Waals surface area (Å²) in [4.78, 5) is 20.1. The summed E-state index contributed by atoms with van der Waals surface area (Å²) in [7, 11) is 8.63. The molecule has 6 heteroatoms. The second-order valence-corrected chi connectivity index (χ2v) is 46.1. The lowest BCUT2D eigenvalue weighted by Gasteiger charge is -2.36. The van der Waals surface area contributed by atoms with Crippen LogP contribution in [0.4, 0.5) is 28.4 Å². The van der Waals surface area contributed by atoms with Gasteiger partial charge in [0, 0.05) is 67.5 Å². The maximum atomic E-state index is 13.1. The van der Waals surface area contributed by atoms with E-state index in [0.29, 0.717) is 0 Å². The molecule has 0 aliphatic heterocycles. The summed E-state index contributed by atoms with van der Waals surface area (Å²) in [5.74, 6) is -1.19. The van der Waals surface area contributed by atoms with Gasteiger partial charge in [0.15, 0.2) is 0 Å². The third-order valence-corrected chi connectivity index (χ3v) is 35.2. The summed E-state index contributed by atoms with van der Waals surface area (Å²) in [6.45, 7) is 18.8. The smallest absolute Gasteiger partial charge is 0.346 e. The molecule has 4 aliphatic rings. The molecule has 11 aromatic carbocycles. The highest BCUT2D eigenvalue weighted by molar-refractivity contribution is 6.01. The molecule has 0 atom stereocenters. The Kier molecular flexibility index (Phi) is 41.9. The largest absolute Gasteiger partial charge is 0.477 e. The van der Waals surface area contributed by atoms with E-state index in [1.165, 1.54) is 420 Å². The number of carbonyl (C=O) groups is 1. The maximum Gasteiger partial charge on any atom is 0.346 e. The lowest BCUT2D eigenvalue weighted by Crippen LogP contribution is -2.30. The average molecular weight is 1980 g/mol. The topological polar surface area (TPSA) is 70.8 Å². The van der Waals surface area contributed by atoms with Crippen molar-refractivity contribution < 1.29 is 9.90 Å². The highest BCUT2D eigenvalue weighted by atomic mass is 16.4. The zero-order chi connectivity index (χ0) is 104. The lowest BCUT2D eigenvalue weighted by atomic mass is 9.65. The summed E-state index contributed by atoms with van der Waals surface area (Å²) in [6.07, 6.45) is 69.3. The van der Waals surface area contributed by atoms with E-state index in [9.17, 15) is 15.2 Å². The van der Waals surface area contributed by atoms with Crippen LogP contribution in [0.5, 0.6) is 0 Å². The molecule has 0 fully saturated rings. The molecule has 11 aromatic rings. The number of fused-ring (bicyclic) bond motifs is 12. The number of hydrogen-bond acceptors (Lipinski definition) is 5. The first-order chi connectivity index (χ1) is 72.5. The average Bonchev–Trinajstić information content (AvgIpc) is 1.49. The first-order valence-corrected chi connectivity index (χ1v) is 60.5. The molecule has 0 bridgehead atoms. The Labute approximate surface area is 898 Å². The molecule has 6 nitrogen and oxygen atoms in total. The number of anilines is 5. The van der Waals surface area contributed by atoms with Crippen molar-refractivity contribution in [2.45, 2.75) is 437 Å². The molecule has 148 heavy (non-hydrogen) atoms. The van der Waals surface area contributed by atoms with Gasteiger partial charge in [-0.15, -0.1) is 0 Å². The molecule has 0 saturated heterocycles. The summed E-state index contributed by atoms with van der Waals surface area (Å²) < 4.78 is 0. The number of carboxylic acid groups (broad SMARTS) is 1. The van der Waals surface area contributed by atoms with Gasteiger partial charge in [0.2, 0.25) is 0 Å². The van der Waals surface area contributed by atoms with Crippen LogP contribution in [0.3, 0.4) is 0 Å². The molecule has 0 spiro atoms. The normalized spacial score (nSPS) is 13.9. The molecule has 0 amide bonds. The molecule has 1 N–H and O–H groups in total. The lowest BCUT2D eigenvalue weighted by molar-refractivity contribution is -0.132. The highest BCUT2D eigenvalue weighted by Crippen LogP contribution is 2.68. The van der Waals surface area contributed by atoms with Crippen molar-refractivity contribution in [3.8, 4) is 50.6 Å². The van der Waals surface area contributed by atoms with Gasteiger partial charge in [0.05, 0.1) is 10.8 Å². The fourth-order valence-corrected chi connectivity index (χ4v) is 26.7. The fourth-order valence-electron chi connectivity index (χ4n) is 26.7. The fraction of sp³-hybridized carbons (Fsp3) is 0.507. The molecule has 0 radical (unpaired) electrons. The van der Waals surface area contributed by atoms with Crippen LogP contribution in [-0.2, 0) is 52.1 Å². The maximum absolute atomic E-state index is 13.1.